The molecule has 0 radical (unpaired) electrons. The van der Waals surface area contributed by atoms with Gasteiger partial charge in [-0.3, -0.25) is 19.2 Å². The third kappa shape index (κ3) is 5.62. The number of amides is 1. The molecule has 3 aromatic rings. The van der Waals surface area contributed by atoms with Crippen molar-refractivity contribution in [3.63, 3.8) is 0 Å². The van der Waals surface area contributed by atoms with Crippen molar-refractivity contribution in [2.45, 2.75) is 46.4 Å². The Morgan fingerprint density at radius 1 is 1.24 bits per heavy atom. The Balaban J connectivity index is 1.49. The molecular weight excluding hydrogens is 534 g/mol. The second kappa shape index (κ2) is 11.6. The molecular formula is C31H39N7O4. The summed E-state index contributed by atoms with van der Waals surface area (Å²) < 4.78 is 9.05. The number of aliphatic hydroxyl groups excluding tert-OH is 1. The lowest BCUT2D eigenvalue weighted by Gasteiger charge is -2.31. The molecule has 42 heavy (non-hydrogen) atoms. The van der Waals surface area contributed by atoms with E-state index in [1.165, 1.54) is 11.3 Å². The number of allylic oxidation sites excluding steroid dienone is 3. The number of anilines is 2. The molecule has 1 aliphatic carbocycles. The highest BCUT2D eigenvalue weighted by molar-refractivity contribution is 6.06. The zero-order chi connectivity index (χ0) is 30.2. The van der Waals surface area contributed by atoms with Crippen molar-refractivity contribution in [2.75, 3.05) is 38.0 Å². The van der Waals surface area contributed by atoms with Crippen LogP contribution in [0.3, 0.4) is 0 Å². The van der Waals surface area contributed by atoms with Gasteiger partial charge in [-0.05, 0) is 47.6 Å². The van der Waals surface area contributed by atoms with Crippen LogP contribution in [-0.2, 0) is 49.2 Å². The maximum Gasteiger partial charge on any atom is 0.276 e. The summed E-state index contributed by atoms with van der Waals surface area (Å²) in [6, 6.07) is 5.63. The predicted octanol–water partition coefficient (Wildman–Crippen LogP) is 3.14. The summed E-state index contributed by atoms with van der Waals surface area (Å²) in [6.45, 7) is 5.68. The largest absolute Gasteiger partial charge is 0.392 e. The summed E-state index contributed by atoms with van der Waals surface area (Å²) in [5.74, 6) is 0.793. The van der Waals surface area contributed by atoms with Crippen molar-refractivity contribution in [1.82, 2.24) is 24.2 Å². The van der Waals surface area contributed by atoms with Gasteiger partial charge in [0.2, 0.25) is 0 Å². The summed E-state index contributed by atoms with van der Waals surface area (Å²) >= 11 is 0. The number of rotatable bonds is 10. The first kappa shape index (κ1) is 29.3. The van der Waals surface area contributed by atoms with Crippen LogP contribution in [-0.4, -0.2) is 69.3 Å². The summed E-state index contributed by atoms with van der Waals surface area (Å²) in [6.07, 6.45) is 7.82. The predicted molar refractivity (Wildman–Crippen MR) is 161 cm³/mol. The van der Waals surface area contributed by atoms with Gasteiger partial charge in [-0.1, -0.05) is 13.8 Å². The van der Waals surface area contributed by atoms with Gasteiger partial charge < -0.3 is 24.6 Å². The van der Waals surface area contributed by atoms with Gasteiger partial charge in [-0.2, -0.15) is 5.10 Å². The van der Waals surface area contributed by atoms with E-state index in [4.69, 9.17) is 4.74 Å². The number of nitrogens with zero attached hydrogens (tertiary/aromatic N) is 6. The lowest BCUT2D eigenvalue weighted by Crippen LogP contribution is -2.41. The second-order valence-corrected chi connectivity index (χ2v) is 11.9. The van der Waals surface area contributed by atoms with Gasteiger partial charge in [0, 0.05) is 76.6 Å². The fourth-order valence-corrected chi connectivity index (χ4v) is 5.98. The Morgan fingerprint density at radius 2 is 2.02 bits per heavy atom. The number of ether oxygens (including phenoxy) is 1. The minimum absolute atomic E-state index is 0.126. The molecule has 0 bridgehead atoms. The first-order valence-electron chi connectivity index (χ1n) is 14.0. The highest BCUT2D eigenvalue weighted by atomic mass is 16.5. The molecule has 0 spiro atoms. The Kier molecular flexibility index (Phi) is 8.07. The van der Waals surface area contributed by atoms with E-state index in [1.54, 1.807) is 42.1 Å². The molecule has 1 aliphatic heterocycles. The smallest absolute Gasteiger partial charge is 0.276 e. The van der Waals surface area contributed by atoms with Gasteiger partial charge in [0.05, 0.1) is 24.6 Å². The highest BCUT2D eigenvalue weighted by Gasteiger charge is 2.37. The average Bonchev–Trinajstić information content (AvgIpc) is 3.56. The molecule has 1 amide bonds. The zero-order valence-electron chi connectivity index (χ0n) is 25.1. The summed E-state index contributed by atoms with van der Waals surface area (Å²) in [7, 11) is 7.17. The van der Waals surface area contributed by atoms with Crippen LogP contribution in [0.1, 0.15) is 52.4 Å². The maximum atomic E-state index is 13.8. The molecule has 0 unspecified atom stereocenters. The molecule has 2 aliphatic rings. The van der Waals surface area contributed by atoms with Gasteiger partial charge in [-0.15, -0.1) is 0 Å². The molecule has 0 saturated heterocycles. The fraction of sp³-hybridized carbons (Fsp3) is 0.419. The molecule has 11 heteroatoms. The standard InChI is InChI=1S/C31H39N7O4/c1-31(2)14-20-12-26-30(41)38(10-9-37(26)27(20)15-31)29-25(18-40)24(7-8-32-29)21(16-35(3)4)11-22(17-39)33-28-13-23(19-42-6)36(5)34-28/h7-8,11-13,16-17,40H,9-10,14-15,18-19H2,1-6H3,(H,33,34)/b21-16+,22-11+. The second-order valence-electron chi connectivity index (χ2n) is 11.9. The monoisotopic (exact) mass is 573 g/mol. The lowest BCUT2D eigenvalue weighted by atomic mass is 9.90. The number of nitrogens with one attached hydrogen (secondary N) is 1. The van der Waals surface area contributed by atoms with E-state index in [0.29, 0.717) is 53.7 Å². The van der Waals surface area contributed by atoms with Crippen LogP contribution in [0, 0.1) is 5.41 Å². The molecule has 2 N–H and O–H groups in total. The number of aromatic nitrogens is 4. The van der Waals surface area contributed by atoms with E-state index < -0.39 is 0 Å². The quantitative estimate of drug-likeness (QED) is 0.216. The number of aryl methyl sites for hydroxylation is 1. The van der Waals surface area contributed by atoms with Crippen molar-refractivity contribution in [3.05, 3.63) is 76.1 Å². The van der Waals surface area contributed by atoms with E-state index in [0.717, 1.165) is 24.8 Å². The van der Waals surface area contributed by atoms with E-state index in [9.17, 15) is 14.7 Å². The fourth-order valence-electron chi connectivity index (χ4n) is 5.98. The van der Waals surface area contributed by atoms with E-state index in [1.807, 2.05) is 37.3 Å². The number of hydrogen-bond acceptors (Lipinski definition) is 8. The zero-order valence-corrected chi connectivity index (χ0v) is 25.1. The number of aldehydes is 1. The molecule has 0 aromatic carbocycles. The summed E-state index contributed by atoms with van der Waals surface area (Å²) in [5.41, 5.74) is 6.32. The van der Waals surface area contributed by atoms with E-state index in [-0.39, 0.29) is 23.6 Å². The minimum atomic E-state index is -0.336. The number of hydrogen-bond donors (Lipinski definition) is 2. The van der Waals surface area contributed by atoms with Crippen LogP contribution in [0.4, 0.5) is 11.6 Å². The number of methoxy groups -OCH3 is 1. The average molecular weight is 574 g/mol. The van der Waals surface area contributed by atoms with Crippen molar-refractivity contribution in [3.8, 4) is 0 Å². The number of pyridine rings is 1. The van der Waals surface area contributed by atoms with Gasteiger partial charge in [0.1, 0.15) is 11.5 Å². The number of fused-ring (bicyclic) bond motifs is 3. The van der Waals surface area contributed by atoms with E-state index >= 15 is 0 Å². The Bertz CT molecular complexity index is 1580. The maximum absolute atomic E-state index is 13.8. The Morgan fingerprint density at radius 3 is 2.71 bits per heavy atom. The van der Waals surface area contributed by atoms with Crippen LogP contribution < -0.4 is 10.2 Å². The molecule has 11 nitrogen and oxygen atoms in total. The van der Waals surface area contributed by atoms with Crippen molar-refractivity contribution >= 4 is 29.4 Å². The SMILES string of the molecule is COCc1cc(N/C(C=O)=C/C(=C\N(C)C)c2ccnc(N3CCn4c(cc5c4CC(C)(C)C5)C3=O)c2CO)nn1C. The Labute approximate surface area is 246 Å². The van der Waals surface area contributed by atoms with Crippen LogP contribution in [0.25, 0.3) is 5.57 Å². The lowest BCUT2D eigenvalue weighted by molar-refractivity contribution is -0.104. The minimum Gasteiger partial charge on any atom is -0.392 e. The molecule has 4 heterocycles. The third-order valence-electron chi connectivity index (χ3n) is 7.76. The van der Waals surface area contributed by atoms with Crippen molar-refractivity contribution in [2.24, 2.45) is 12.5 Å². The van der Waals surface area contributed by atoms with Crippen molar-refractivity contribution < 1.29 is 19.4 Å². The van der Waals surface area contributed by atoms with Gasteiger partial charge in [0.15, 0.2) is 12.1 Å². The molecule has 5 rings (SSSR count). The first-order valence-corrected chi connectivity index (χ1v) is 14.0. The summed E-state index contributed by atoms with van der Waals surface area (Å²) in [5, 5.41) is 18.1. The van der Waals surface area contributed by atoms with Crippen LogP contribution in [0.15, 0.2) is 42.4 Å². The number of carbonyl (C=O) groups excluding carboxylic acids is 2. The van der Waals surface area contributed by atoms with Crippen molar-refractivity contribution in [1.29, 1.82) is 0 Å². The highest BCUT2D eigenvalue weighted by Crippen LogP contribution is 2.40. The third-order valence-corrected chi connectivity index (χ3v) is 7.76. The molecule has 0 saturated carbocycles. The topological polar surface area (TPSA) is 118 Å². The molecule has 0 fully saturated rings. The number of carbonyl (C=O) groups is 2. The van der Waals surface area contributed by atoms with Crippen LogP contribution >= 0.6 is 0 Å². The van der Waals surface area contributed by atoms with Gasteiger partial charge in [0.25, 0.3) is 5.91 Å². The van der Waals surface area contributed by atoms with Crippen LogP contribution in [0.2, 0.25) is 0 Å². The number of aliphatic hydroxyl groups is 1. The van der Waals surface area contributed by atoms with Gasteiger partial charge in [-0.25, -0.2) is 4.98 Å². The first-order chi connectivity index (χ1) is 20.0. The summed E-state index contributed by atoms with van der Waals surface area (Å²) in [4.78, 5) is 34.0. The van der Waals surface area contributed by atoms with Crippen LogP contribution in [0.5, 0.6) is 0 Å². The normalized spacial score (nSPS) is 16.5. The molecule has 3 aromatic heterocycles. The van der Waals surface area contributed by atoms with E-state index in [2.05, 4.69) is 33.8 Å². The van der Waals surface area contributed by atoms with Gasteiger partial charge >= 0.3 is 0 Å². The Hall–Kier alpha value is -4.22. The molecule has 0 atom stereocenters. The molecule has 222 valence electrons.